The Labute approximate surface area is 165 Å². The maximum atomic E-state index is 14.0. The van der Waals surface area contributed by atoms with Crippen LogP contribution in [0, 0.1) is 25.6 Å². The number of amides is 1. The van der Waals surface area contributed by atoms with Gasteiger partial charge in [0.1, 0.15) is 11.3 Å². The third-order valence-electron chi connectivity index (χ3n) is 4.86. The molecule has 1 aliphatic rings. The Morgan fingerprint density at radius 2 is 1.92 bits per heavy atom. The van der Waals surface area contributed by atoms with Crippen molar-refractivity contribution in [2.24, 2.45) is 11.7 Å². The average molecular weight is 403 g/mol. The van der Waals surface area contributed by atoms with E-state index in [1.165, 1.54) is 12.1 Å². The maximum Gasteiger partial charge on any atom is 0.256 e. The zero-order chi connectivity index (χ0) is 17.4. The first-order chi connectivity index (χ1) is 11.4. The molecule has 0 radical (unpaired) electrons. The summed E-state index contributed by atoms with van der Waals surface area (Å²) in [6.07, 6.45) is 1.93. The Bertz CT molecular complexity index is 800. The van der Waals surface area contributed by atoms with E-state index in [2.05, 4.69) is 9.97 Å². The molecule has 144 valence electrons. The van der Waals surface area contributed by atoms with Crippen molar-refractivity contribution in [3.63, 3.8) is 0 Å². The fraction of sp³-hybridized carbons (Fsp3) is 0.500. The second-order valence-electron chi connectivity index (χ2n) is 6.73. The van der Waals surface area contributed by atoms with Gasteiger partial charge in [-0.15, -0.1) is 24.8 Å². The molecule has 1 aromatic heterocycles. The quantitative estimate of drug-likeness (QED) is 0.834. The highest BCUT2D eigenvalue weighted by Gasteiger charge is 2.28. The van der Waals surface area contributed by atoms with Gasteiger partial charge in [-0.2, -0.15) is 0 Å². The number of piperidine rings is 1. The molecular formula is C18H25Cl2FN4O. The fourth-order valence-electron chi connectivity index (χ4n) is 3.25. The first-order valence-corrected chi connectivity index (χ1v) is 8.36. The fourth-order valence-corrected chi connectivity index (χ4v) is 3.25. The number of halogens is 3. The molecule has 1 aliphatic heterocycles. The first-order valence-electron chi connectivity index (χ1n) is 8.36. The van der Waals surface area contributed by atoms with Crippen molar-refractivity contribution in [3.8, 4) is 0 Å². The molecule has 2 heterocycles. The zero-order valence-corrected chi connectivity index (χ0v) is 16.8. The second kappa shape index (κ2) is 8.93. The minimum Gasteiger partial charge on any atom is -0.338 e. The van der Waals surface area contributed by atoms with Gasteiger partial charge in [-0.05, 0) is 45.6 Å². The number of rotatable bonds is 2. The van der Waals surface area contributed by atoms with E-state index in [4.69, 9.17) is 5.73 Å². The summed E-state index contributed by atoms with van der Waals surface area (Å²) in [6.45, 7) is 6.90. The minimum absolute atomic E-state index is 0. The van der Waals surface area contributed by atoms with Gasteiger partial charge >= 0.3 is 0 Å². The van der Waals surface area contributed by atoms with Crippen LogP contribution < -0.4 is 5.73 Å². The summed E-state index contributed by atoms with van der Waals surface area (Å²) in [6, 6.07) is 2.63. The summed E-state index contributed by atoms with van der Waals surface area (Å²) in [5.41, 5.74) is 8.65. The van der Waals surface area contributed by atoms with Gasteiger partial charge < -0.3 is 10.6 Å². The van der Waals surface area contributed by atoms with Crippen molar-refractivity contribution in [1.29, 1.82) is 0 Å². The monoisotopic (exact) mass is 402 g/mol. The first kappa shape index (κ1) is 22.5. The molecule has 26 heavy (non-hydrogen) atoms. The number of aromatic nitrogens is 2. The number of nitrogens with zero attached hydrogens (tertiary/aromatic N) is 3. The number of benzene rings is 1. The highest BCUT2D eigenvalue weighted by molar-refractivity contribution is 6.04. The van der Waals surface area contributed by atoms with Crippen molar-refractivity contribution < 1.29 is 9.18 Å². The van der Waals surface area contributed by atoms with Crippen LogP contribution in [0.4, 0.5) is 4.39 Å². The van der Waals surface area contributed by atoms with Crippen LogP contribution in [0.5, 0.6) is 0 Å². The molecule has 5 nitrogen and oxygen atoms in total. The van der Waals surface area contributed by atoms with Crippen LogP contribution in [0.1, 0.15) is 41.5 Å². The molecule has 0 bridgehead atoms. The lowest BCUT2D eigenvalue weighted by molar-refractivity contribution is 0.0662. The van der Waals surface area contributed by atoms with Gasteiger partial charge in [0.2, 0.25) is 0 Å². The molecule has 1 amide bonds. The number of hydrogen-bond acceptors (Lipinski definition) is 4. The normalized spacial score (nSPS) is 18.0. The van der Waals surface area contributed by atoms with Gasteiger partial charge in [0, 0.05) is 25.2 Å². The predicted octanol–water partition coefficient (Wildman–Crippen LogP) is 3.43. The molecule has 0 spiro atoms. The molecule has 0 aliphatic carbocycles. The number of likely N-dealkylation sites (tertiary alicyclic amines) is 1. The molecular weight excluding hydrogens is 378 g/mol. The van der Waals surface area contributed by atoms with E-state index in [0.29, 0.717) is 24.1 Å². The van der Waals surface area contributed by atoms with E-state index < -0.39 is 5.82 Å². The Hall–Kier alpha value is -1.50. The molecule has 1 saturated heterocycles. The Balaban J connectivity index is 0.00000169. The zero-order valence-electron chi connectivity index (χ0n) is 15.2. The van der Waals surface area contributed by atoms with E-state index in [-0.39, 0.29) is 48.2 Å². The summed E-state index contributed by atoms with van der Waals surface area (Å²) >= 11 is 0. The Morgan fingerprint density at radius 3 is 2.58 bits per heavy atom. The van der Waals surface area contributed by atoms with Crippen LogP contribution in [0.25, 0.3) is 11.0 Å². The summed E-state index contributed by atoms with van der Waals surface area (Å²) < 4.78 is 14.0. The largest absolute Gasteiger partial charge is 0.338 e. The van der Waals surface area contributed by atoms with Crippen molar-refractivity contribution in [2.75, 3.05) is 13.1 Å². The van der Waals surface area contributed by atoms with E-state index in [1.807, 2.05) is 20.8 Å². The van der Waals surface area contributed by atoms with Gasteiger partial charge in [-0.1, -0.05) is 0 Å². The van der Waals surface area contributed by atoms with Crippen molar-refractivity contribution >= 4 is 41.8 Å². The number of fused-ring (bicyclic) bond motifs is 1. The van der Waals surface area contributed by atoms with Gasteiger partial charge in [-0.25, -0.2) is 14.4 Å². The third-order valence-corrected chi connectivity index (χ3v) is 4.86. The lowest BCUT2D eigenvalue weighted by Gasteiger charge is -2.34. The van der Waals surface area contributed by atoms with Crippen LogP contribution in [0.2, 0.25) is 0 Å². The smallest absolute Gasteiger partial charge is 0.256 e. The molecule has 8 heteroatoms. The van der Waals surface area contributed by atoms with Crippen LogP contribution in [-0.2, 0) is 0 Å². The molecule has 2 aromatic rings. The Kier molecular flexibility index (Phi) is 7.74. The predicted molar refractivity (Wildman–Crippen MR) is 106 cm³/mol. The van der Waals surface area contributed by atoms with Crippen molar-refractivity contribution in [3.05, 3.63) is 34.9 Å². The summed E-state index contributed by atoms with van der Waals surface area (Å²) in [5, 5.41) is 0. The van der Waals surface area contributed by atoms with Gasteiger partial charge in [0.15, 0.2) is 0 Å². The minimum atomic E-state index is -0.468. The van der Waals surface area contributed by atoms with Crippen LogP contribution >= 0.6 is 24.8 Å². The van der Waals surface area contributed by atoms with Gasteiger partial charge in [0.25, 0.3) is 5.91 Å². The molecule has 2 unspecified atom stereocenters. The molecule has 2 N–H and O–H groups in total. The van der Waals surface area contributed by atoms with Crippen molar-refractivity contribution in [2.45, 2.75) is 39.7 Å². The van der Waals surface area contributed by atoms with Gasteiger partial charge in [-0.3, -0.25) is 4.79 Å². The molecule has 0 saturated carbocycles. The maximum absolute atomic E-state index is 14.0. The van der Waals surface area contributed by atoms with Gasteiger partial charge in [0.05, 0.1) is 22.5 Å². The standard InChI is InChI=1S/C18H23FN4O.2ClH/c1-10(20)13-5-4-6-23(9-13)18(24)15-7-14(19)8-16-17(15)22-12(3)11(2)21-16;;/h7-8,10,13H,4-6,9,20H2,1-3H3;2*1H. The third kappa shape index (κ3) is 4.42. The lowest BCUT2D eigenvalue weighted by Crippen LogP contribution is -2.45. The summed E-state index contributed by atoms with van der Waals surface area (Å²) in [7, 11) is 0. The molecule has 3 rings (SSSR count). The number of nitrogens with two attached hydrogens (primary N) is 1. The molecule has 1 fully saturated rings. The van der Waals surface area contributed by atoms with E-state index in [9.17, 15) is 9.18 Å². The Morgan fingerprint density at radius 1 is 1.27 bits per heavy atom. The average Bonchev–Trinajstić information content (AvgIpc) is 2.55. The van der Waals surface area contributed by atoms with E-state index in [0.717, 1.165) is 24.2 Å². The van der Waals surface area contributed by atoms with Crippen LogP contribution in [0.3, 0.4) is 0 Å². The van der Waals surface area contributed by atoms with E-state index >= 15 is 0 Å². The number of aryl methyl sites for hydroxylation is 2. The molecule has 2 atom stereocenters. The lowest BCUT2D eigenvalue weighted by atomic mass is 9.91. The number of carbonyl (C=O) groups is 1. The van der Waals surface area contributed by atoms with E-state index in [1.54, 1.807) is 4.90 Å². The van der Waals surface area contributed by atoms with Crippen LogP contribution in [0.15, 0.2) is 12.1 Å². The highest BCUT2D eigenvalue weighted by Crippen LogP contribution is 2.24. The molecule has 1 aromatic carbocycles. The highest BCUT2D eigenvalue weighted by atomic mass is 35.5. The van der Waals surface area contributed by atoms with Crippen LogP contribution in [-0.4, -0.2) is 39.9 Å². The second-order valence-corrected chi connectivity index (χ2v) is 6.73. The SMILES string of the molecule is Cc1nc2cc(F)cc(C(=O)N3CCCC(C(C)N)C3)c2nc1C.Cl.Cl. The summed E-state index contributed by atoms with van der Waals surface area (Å²) in [4.78, 5) is 23.6. The number of carbonyl (C=O) groups excluding carboxylic acids is 1. The summed E-state index contributed by atoms with van der Waals surface area (Å²) in [5.74, 6) is -0.385. The van der Waals surface area contributed by atoms with Crippen molar-refractivity contribution in [1.82, 2.24) is 14.9 Å². The number of hydrogen-bond donors (Lipinski definition) is 1. The topological polar surface area (TPSA) is 72.1 Å².